The normalized spacial score (nSPS) is 18.0. The smallest absolute Gasteiger partial charge is 0.237 e. The van der Waals surface area contributed by atoms with Crippen molar-refractivity contribution in [1.82, 2.24) is 10.2 Å². The van der Waals surface area contributed by atoms with E-state index in [0.717, 1.165) is 17.3 Å². The molecule has 138 valence electrons. The topological polar surface area (TPSA) is 83.6 Å². The first-order chi connectivity index (χ1) is 11.8. The number of likely N-dealkylation sites (tertiary alicyclic amines) is 1. The van der Waals surface area contributed by atoms with Crippen LogP contribution in [0.4, 0.5) is 0 Å². The Morgan fingerprint density at radius 1 is 1.36 bits per heavy atom. The van der Waals surface area contributed by atoms with Crippen LogP contribution in [0.15, 0.2) is 28.7 Å². The predicted molar refractivity (Wildman–Crippen MR) is 99.7 cm³/mol. The Hall–Kier alpha value is -1.41. The van der Waals surface area contributed by atoms with E-state index in [1.165, 1.54) is 0 Å². The molecule has 1 unspecified atom stereocenters. The lowest BCUT2D eigenvalue weighted by atomic mass is 10.1. The van der Waals surface area contributed by atoms with Gasteiger partial charge in [-0.15, -0.1) is 0 Å². The van der Waals surface area contributed by atoms with Crippen molar-refractivity contribution in [1.29, 1.82) is 0 Å². The highest BCUT2D eigenvalue weighted by molar-refractivity contribution is 9.10. The van der Waals surface area contributed by atoms with Crippen molar-refractivity contribution < 1.29 is 18.0 Å². The van der Waals surface area contributed by atoms with Gasteiger partial charge in [-0.2, -0.15) is 0 Å². The summed E-state index contributed by atoms with van der Waals surface area (Å²) in [6.45, 7) is 2.68. The molecule has 0 radical (unpaired) electrons. The van der Waals surface area contributed by atoms with Gasteiger partial charge >= 0.3 is 0 Å². The number of hydrogen-bond acceptors (Lipinski definition) is 4. The number of benzene rings is 1. The first-order valence-corrected chi connectivity index (χ1v) is 10.9. The molecule has 1 aliphatic rings. The largest absolute Gasteiger partial charge is 0.352 e. The molecule has 1 aromatic carbocycles. The first kappa shape index (κ1) is 19.9. The van der Waals surface area contributed by atoms with Crippen LogP contribution in [0.25, 0.3) is 0 Å². The molecule has 2 rings (SSSR count). The van der Waals surface area contributed by atoms with Gasteiger partial charge in [0.2, 0.25) is 11.8 Å². The maximum Gasteiger partial charge on any atom is 0.237 e. The van der Waals surface area contributed by atoms with Crippen LogP contribution in [0.5, 0.6) is 0 Å². The molecule has 0 bridgehead atoms. The second-order valence-corrected chi connectivity index (χ2v) is 9.24. The number of nitrogens with one attached hydrogen (secondary N) is 1. The van der Waals surface area contributed by atoms with Gasteiger partial charge < -0.3 is 10.2 Å². The van der Waals surface area contributed by atoms with Crippen LogP contribution in [0.1, 0.15) is 31.7 Å². The standard InChI is InChI=1S/C17H23BrN2O4S/c1-2-16(21)19-15-7-4-8-20(10-15)17(22)12-25(23,24)11-13-5-3-6-14(18)9-13/h3,5-6,9,15H,2,4,7-8,10-12H2,1H3,(H,19,21). The molecular formula is C17H23BrN2O4S. The minimum atomic E-state index is -3.54. The number of sulfone groups is 1. The van der Waals surface area contributed by atoms with E-state index in [-0.39, 0.29) is 17.7 Å². The van der Waals surface area contributed by atoms with Gasteiger partial charge in [-0.05, 0) is 30.5 Å². The SMILES string of the molecule is CCC(=O)NC1CCCN(C(=O)CS(=O)(=O)Cc2cccc(Br)c2)C1. The Kier molecular flexibility index (Phi) is 7.01. The third kappa shape index (κ3) is 6.43. The fourth-order valence-electron chi connectivity index (χ4n) is 2.86. The third-order valence-electron chi connectivity index (χ3n) is 4.08. The van der Waals surface area contributed by atoms with Gasteiger partial charge in [0.25, 0.3) is 0 Å². The van der Waals surface area contributed by atoms with Crippen molar-refractivity contribution in [2.45, 2.75) is 38.0 Å². The number of hydrogen-bond donors (Lipinski definition) is 1. The molecule has 1 fully saturated rings. The van der Waals surface area contributed by atoms with Crippen LogP contribution in [0.3, 0.4) is 0 Å². The van der Waals surface area contributed by atoms with Crippen molar-refractivity contribution in [2.24, 2.45) is 0 Å². The molecule has 8 heteroatoms. The molecule has 1 aromatic rings. The van der Waals surface area contributed by atoms with E-state index in [4.69, 9.17) is 0 Å². The summed E-state index contributed by atoms with van der Waals surface area (Å²) in [5.41, 5.74) is 0.647. The second-order valence-electron chi connectivity index (χ2n) is 6.26. The lowest BCUT2D eigenvalue weighted by Gasteiger charge is -2.33. The van der Waals surface area contributed by atoms with E-state index in [2.05, 4.69) is 21.2 Å². The number of carbonyl (C=O) groups is 2. The molecule has 6 nitrogen and oxygen atoms in total. The van der Waals surface area contributed by atoms with Crippen LogP contribution >= 0.6 is 15.9 Å². The lowest BCUT2D eigenvalue weighted by Crippen LogP contribution is -2.50. The predicted octanol–water partition coefficient (Wildman–Crippen LogP) is 1.88. The van der Waals surface area contributed by atoms with E-state index in [1.807, 2.05) is 6.07 Å². The van der Waals surface area contributed by atoms with E-state index >= 15 is 0 Å². The molecule has 1 N–H and O–H groups in total. The first-order valence-electron chi connectivity index (χ1n) is 8.31. The van der Waals surface area contributed by atoms with Gasteiger partial charge in [0.1, 0.15) is 5.75 Å². The van der Waals surface area contributed by atoms with Crippen LogP contribution < -0.4 is 5.32 Å². The summed E-state index contributed by atoms with van der Waals surface area (Å²) in [7, 11) is -3.54. The molecule has 0 aromatic heterocycles. The maximum atomic E-state index is 12.4. The van der Waals surface area contributed by atoms with Crippen molar-refractivity contribution >= 4 is 37.6 Å². The fraction of sp³-hybridized carbons (Fsp3) is 0.529. The highest BCUT2D eigenvalue weighted by Crippen LogP contribution is 2.16. The minimum Gasteiger partial charge on any atom is -0.352 e. The Bertz CT molecular complexity index is 736. The zero-order chi connectivity index (χ0) is 18.4. The number of rotatable bonds is 6. The molecule has 1 atom stereocenters. The summed E-state index contributed by atoms with van der Waals surface area (Å²) in [6.07, 6.45) is 1.96. The molecule has 25 heavy (non-hydrogen) atoms. The number of halogens is 1. The number of nitrogens with zero attached hydrogens (tertiary/aromatic N) is 1. The molecular weight excluding hydrogens is 408 g/mol. The molecule has 1 aliphatic heterocycles. The lowest BCUT2D eigenvalue weighted by molar-refractivity contribution is -0.131. The zero-order valence-corrected chi connectivity index (χ0v) is 16.6. The average molecular weight is 431 g/mol. The van der Waals surface area contributed by atoms with Crippen molar-refractivity contribution in [3.63, 3.8) is 0 Å². The van der Waals surface area contributed by atoms with Crippen molar-refractivity contribution in [3.05, 3.63) is 34.3 Å². The summed E-state index contributed by atoms with van der Waals surface area (Å²) in [5.74, 6) is -1.12. The number of carbonyl (C=O) groups excluding carboxylic acids is 2. The monoisotopic (exact) mass is 430 g/mol. The van der Waals surface area contributed by atoms with Gasteiger partial charge in [0.15, 0.2) is 9.84 Å². The number of piperidine rings is 1. The molecule has 0 spiro atoms. The second kappa shape index (κ2) is 8.80. The summed E-state index contributed by atoms with van der Waals surface area (Å²) in [5, 5.41) is 2.87. The van der Waals surface area contributed by atoms with E-state index in [9.17, 15) is 18.0 Å². The summed E-state index contributed by atoms with van der Waals surface area (Å²) >= 11 is 3.31. The number of amides is 2. The van der Waals surface area contributed by atoms with Crippen LogP contribution in [-0.4, -0.2) is 50.0 Å². The van der Waals surface area contributed by atoms with E-state index in [0.29, 0.717) is 25.1 Å². The van der Waals surface area contributed by atoms with E-state index in [1.54, 1.807) is 30.0 Å². The summed E-state index contributed by atoms with van der Waals surface area (Å²) in [6, 6.07) is 6.95. The van der Waals surface area contributed by atoms with Gasteiger partial charge in [-0.1, -0.05) is 35.0 Å². The third-order valence-corrected chi connectivity index (χ3v) is 6.03. The van der Waals surface area contributed by atoms with Gasteiger partial charge in [0, 0.05) is 30.0 Å². The highest BCUT2D eigenvalue weighted by Gasteiger charge is 2.27. The summed E-state index contributed by atoms with van der Waals surface area (Å²) < 4.78 is 25.5. The fourth-order valence-corrected chi connectivity index (χ4v) is 4.66. The molecule has 2 amide bonds. The van der Waals surface area contributed by atoms with Crippen LogP contribution in [-0.2, 0) is 25.2 Å². The van der Waals surface area contributed by atoms with Crippen LogP contribution in [0, 0.1) is 0 Å². The Morgan fingerprint density at radius 3 is 2.80 bits per heavy atom. The quantitative estimate of drug-likeness (QED) is 0.746. The van der Waals surface area contributed by atoms with Gasteiger partial charge in [-0.3, -0.25) is 9.59 Å². The maximum absolute atomic E-state index is 12.4. The Labute approximate surface area is 157 Å². The molecule has 0 aliphatic carbocycles. The molecule has 1 saturated heterocycles. The minimum absolute atomic E-state index is 0.0541. The Morgan fingerprint density at radius 2 is 2.12 bits per heavy atom. The zero-order valence-electron chi connectivity index (χ0n) is 14.2. The van der Waals surface area contributed by atoms with Crippen molar-refractivity contribution in [2.75, 3.05) is 18.8 Å². The van der Waals surface area contributed by atoms with Crippen LogP contribution in [0.2, 0.25) is 0 Å². The van der Waals surface area contributed by atoms with Crippen molar-refractivity contribution in [3.8, 4) is 0 Å². The highest BCUT2D eigenvalue weighted by atomic mass is 79.9. The van der Waals surface area contributed by atoms with E-state index < -0.39 is 21.5 Å². The van der Waals surface area contributed by atoms with Gasteiger partial charge in [-0.25, -0.2) is 8.42 Å². The Balaban J connectivity index is 1.94. The molecule has 0 saturated carbocycles. The summed E-state index contributed by atoms with van der Waals surface area (Å²) in [4.78, 5) is 25.4. The molecule has 1 heterocycles. The van der Waals surface area contributed by atoms with Gasteiger partial charge in [0.05, 0.1) is 5.75 Å². The average Bonchev–Trinajstić information content (AvgIpc) is 2.54.